The van der Waals surface area contributed by atoms with Crippen LogP contribution in [0.5, 0.6) is 5.75 Å². The molecule has 8 heteroatoms. The van der Waals surface area contributed by atoms with Crippen LogP contribution in [-0.2, 0) is 14.3 Å². The fourth-order valence-corrected chi connectivity index (χ4v) is 4.97. The van der Waals surface area contributed by atoms with Gasteiger partial charge in [0.25, 0.3) is 11.8 Å². The lowest BCUT2D eigenvalue weighted by atomic mass is 10.0. The van der Waals surface area contributed by atoms with Crippen LogP contribution in [0.15, 0.2) is 48.5 Å². The van der Waals surface area contributed by atoms with Crippen molar-refractivity contribution in [2.24, 2.45) is 0 Å². The van der Waals surface area contributed by atoms with Gasteiger partial charge in [0.15, 0.2) is 0 Å². The summed E-state index contributed by atoms with van der Waals surface area (Å²) in [6, 6.07) is 12.0. The highest BCUT2D eigenvalue weighted by atomic mass is 16.5. The number of carbonyl (C=O) groups excluding carboxylic acids is 4. The molecule has 3 amide bonds. The van der Waals surface area contributed by atoms with Gasteiger partial charge in [0.1, 0.15) is 11.8 Å². The lowest BCUT2D eigenvalue weighted by molar-refractivity contribution is -0.123. The molecule has 0 aromatic heterocycles. The smallest absolute Gasteiger partial charge is 0.337 e. The molecule has 8 nitrogen and oxygen atoms in total. The van der Waals surface area contributed by atoms with Gasteiger partial charge in [0.2, 0.25) is 5.91 Å². The highest BCUT2D eigenvalue weighted by Gasteiger charge is 2.46. The van der Waals surface area contributed by atoms with Gasteiger partial charge < -0.3 is 14.4 Å². The van der Waals surface area contributed by atoms with Crippen molar-refractivity contribution >= 4 is 29.4 Å². The van der Waals surface area contributed by atoms with E-state index in [1.54, 1.807) is 41.3 Å². The van der Waals surface area contributed by atoms with E-state index in [0.717, 1.165) is 43.4 Å². The Morgan fingerprint density at radius 3 is 2.23 bits per heavy atom. The Balaban J connectivity index is 1.66. The molecule has 4 rings (SSSR count). The van der Waals surface area contributed by atoms with Gasteiger partial charge in [-0.2, -0.15) is 0 Å². The number of ether oxygens (including phenoxy) is 2. The van der Waals surface area contributed by atoms with E-state index >= 15 is 0 Å². The van der Waals surface area contributed by atoms with Crippen molar-refractivity contribution in [3.05, 3.63) is 59.7 Å². The summed E-state index contributed by atoms with van der Waals surface area (Å²) in [6.45, 7) is 0. The van der Waals surface area contributed by atoms with Crippen LogP contribution in [0.3, 0.4) is 0 Å². The third-order valence-corrected chi connectivity index (χ3v) is 6.77. The Morgan fingerprint density at radius 1 is 0.914 bits per heavy atom. The molecule has 1 aliphatic heterocycles. The van der Waals surface area contributed by atoms with Crippen LogP contribution in [0.1, 0.15) is 65.7 Å². The minimum absolute atomic E-state index is 0.0796. The van der Waals surface area contributed by atoms with Gasteiger partial charge in [0.05, 0.1) is 31.9 Å². The molecule has 0 radical (unpaired) electrons. The molecule has 35 heavy (non-hydrogen) atoms. The molecule has 1 heterocycles. The average Bonchev–Trinajstić information content (AvgIpc) is 3.04. The summed E-state index contributed by atoms with van der Waals surface area (Å²) in [5.41, 5.74) is 1.11. The minimum atomic E-state index is -0.885. The molecule has 1 atom stereocenters. The topological polar surface area (TPSA) is 93.2 Å². The fraction of sp³-hybridized carbons (Fsp3) is 0.407. The van der Waals surface area contributed by atoms with Crippen LogP contribution in [-0.4, -0.2) is 54.9 Å². The molecule has 1 saturated heterocycles. The van der Waals surface area contributed by atoms with Crippen molar-refractivity contribution in [3.63, 3.8) is 0 Å². The Labute approximate surface area is 204 Å². The van der Waals surface area contributed by atoms with E-state index in [1.807, 2.05) is 0 Å². The van der Waals surface area contributed by atoms with Crippen molar-refractivity contribution in [3.8, 4) is 5.75 Å². The summed E-state index contributed by atoms with van der Waals surface area (Å²) in [5.74, 6) is -1.02. The predicted octanol–water partition coefficient (Wildman–Crippen LogP) is 3.98. The number of hydrogen-bond acceptors (Lipinski definition) is 6. The summed E-state index contributed by atoms with van der Waals surface area (Å²) < 4.78 is 10.0. The molecular formula is C27H30N2O6. The van der Waals surface area contributed by atoms with Crippen LogP contribution in [0.25, 0.3) is 0 Å². The first-order chi connectivity index (χ1) is 16.9. The average molecular weight is 479 g/mol. The number of hydrogen-bond donors (Lipinski definition) is 0. The van der Waals surface area contributed by atoms with E-state index in [1.165, 1.54) is 26.4 Å². The number of nitrogens with zero attached hydrogens (tertiary/aromatic N) is 2. The monoisotopic (exact) mass is 478 g/mol. The Hall–Kier alpha value is -3.68. The van der Waals surface area contributed by atoms with E-state index in [9.17, 15) is 19.2 Å². The van der Waals surface area contributed by atoms with Crippen LogP contribution in [0.4, 0.5) is 5.69 Å². The SMILES string of the molecule is COC(=O)c1ccc(N2C(=O)CC(N(C(=O)c3cccc(OC)c3)C3CCCCCC3)C2=O)cc1. The molecule has 0 spiro atoms. The molecule has 0 N–H and O–H groups in total. The summed E-state index contributed by atoms with van der Waals surface area (Å²) in [7, 11) is 2.82. The van der Waals surface area contributed by atoms with E-state index < -0.39 is 17.9 Å². The van der Waals surface area contributed by atoms with Crippen LogP contribution in [0.2, 0.25) is 0 Å². The van der Waals surface area contributed by atoms with Crippen molar-refractivity contribution in [2.75, 3.05) is 19.1 Å². The summed E-state index contributed by atoms with van der Waals surface area (Å²) >= 11 is 0. The number of esters is 1. The molecule has 2 fully saturated rings. The van der Waals surface area contributed by atoms with Crippen molar-refractivity contribution in [1.29, 1.82) is 0 Å². The van der Waals surface area contributed by atoms with Gasteiger partial charge in [-0.1, -0.05) is 31.7 Å². The molecule has 1 aliphatic carbocycles. The highest BCUT2D eigenvalue weighted by molar-refractivity contribution is 6.23. The number of benzene rings is 2. The maximum absolute atomic E-state index is 13.8. The summed E-state index contributed by atoms with van der Waals surface area (Å²) in [6.07, 6.45) is 5.63. The maximum atomic E-state index is 13.8. The number of amides is 3. The number of imide groups is 1. The lowest BCUT2D eigenvalue weighted by Gasteiger charge is -2.35. The molecule has 184 valence electrons. The summed E-state index contributed by atoms with van der Waals surface area (Å²) in [4.78, 5) is 55.0. The zero-order chi connectivity index (χ0) is 24.9. The number of rotatable bonds is 6. The largest absolute Gasteiger partial charge is 0.497 e. The molecule has 0 bridgehead atoms. The number of anilines is 1. The van der Waals surface area contributed by atoms with Gasteiger partial charge in [-0.25, -0.2) is 9.69 Å². The number of carbonyl (C=O) groups is 4. The van der Waals surface area contributed by atoms with E-state index in [-0.39, 0.29) is 24.3 Å². The zero-order valence-corrected chi connectivity index (χ0v) is 20.1. The highest BCUT2D eigenvalue weighted by Crippen LogP contribution is 2.32. The maximum Gasteiger partial charge on any atom is 0.337 e. The van der Waals surface area contributed by atoms with E-state index in [2.05, 4.69) is 0 Å². The quantitative estimate of drug-likeness (QED) is 0.354. The molecule has 2 aliphatic rings. The Bertz CT molecular complexity index is 1100. The van der Waals surface area contributed by atoms with Crippen molar-refractivity contribution in [1.82, 2.24) is 4.90 Å². The predicted molar refractivity (Wildman–Crippen MR) is 129 cm³/mol. The number of methoxy groups -OCH3 is 2. The van der Waals surface area contributed by atoms with Gasteiger partial charge in [-0.05, 0) is 55.3 Å². The lowest BCUT2D eigenvalue weighted by Crippen LogP contribution is -2.50. The van der Waals surface area contributed by atoms with Crippen LogP contribution < -0.4 is 9.64 Å². The van der Waals surface area contributed by atoms with Gasteiger partial charge in [-0.15, -0.1) is 0 Å². The first-order valence-electron chi connectivity index (χ1n) is 12.0. The second-order valence-corrected chi connectivity index (χ2v) is 8.92. The Kier molecular flexibility index (Phi) is 7.48. The Morgan fingerprint density at radius 2 is 1.60 bits per heavy atom. The van der Waals surface area contributed by atoms with Crippen LogP contribution >= 0.6 is 0 Å². The molecular weight excluding hydrogens is 448 g/mol. The fourth-order valence-electron chi connectivity index (χ4n) is 4.97. The third-order valence-electron chi connectivity index (χ3n) is 6.77. The second-order valence-electron chi connectivity index (χ2n) is 8.92. The van der Waals surface area contributed by atoms with Crippen LogP contribution in [0, 0.1) is 0 Å². The van der Waals surface area contributed by atoms with Gasteiger partial charge >= 0.3 is 5.97 Å². The minimum Gasteiger partial charge on any atom is -0.497 e. The van der Waals surface area contributed by atoms with Gasteiger partial charge in [0, 0.05) is 11.6 Å². The second kappa shape index (κ2) is 10.7. The van der Waals surface area contributed by atoms with E-state index in [0.29, 0.717) is 22.6 Å². The standard InChI is InChI=1S/C27H30N2O6/c1-34-22-11-7-8-19(16-22)25(31)28(20-9-5-3-4-6-10-20)23-17-24(30)29(26(23)32)21-14-12-18(13-15-21)27(33)35-2/h7-8,11-16,20,23H,3-6,9-10,17H2,1-2H3. The first kappa shape index (κ1) is 24.4. The zero-order valence-electron chi connectivity index (χ0n) is 20.1. The van der Waals surface area contributed by atoms with Gasteiger partial charge in [-0.3, -0.25) is 14.4 Å². The molecule has 1 unspecified atom stereocenters. The molecule has 1 saturated carbocycles. The van der Waals surface area contributed by atoms with Crippen molar-refractivity contribution in [2.45, 2.75) is 57.0 Å². The first-order valence-corrected chi connectivity index (χ1v) is 12.0. The molecule has 2 aromatic rings. The summed E-state index contributed by atoms with van der Waals surface area (Å²) in [5, 5.41) is 0. The molecule has 2 aromatic carbocycles. The van der Waals surface area contributed by atoms with Crippen molar-refractivity contribution < 1.29 is 28.7 Å². The third kappa shape index (κ3) is 5.06. The van der Waals surface area contributed by atoms with E-state index in [4.69, 9.17) is 9.47 Å². The normalized spacial score (nSPS) is 18.8.